The molecule has 0 N–H and O–H groups in total. The van der Waals surface area contributed by atoms with Crippen LogP contribution in [0.2, 0.25) is 0 Å². The Morgan fingerprint density at radius 1 is 1.21 bits per heavy atom. The molecule has 0 spiro atoms. The van der Waals surface area contributed by atoms with Crippen LogP contribution in [-0.2, 0) is 10.8 Å². The van der Waals surface area contributed by atoms with Gasteiger partial charge in [-0.25, -0.2) is 0 Å². The first-order chi connectivity index (χ1) is 13.7. The van der Waals surface area contributed by atoms with E-state index in [-0.39, 0.29) is 10.8 Å². The number of benzene rings is 2. The maximum absolute atomic E-state index is 5.61. The van der Waals surface area contributed by atoms with E-state index in [9.17, 15) is 0 Å². The van der Waals surface area contributed by atoms with Gasteiger partial charge in [0.25, 0.3) is 0 Å². The Kier molecular flexibility index (Phi) is 5.96. The molecule has 2 nitrogen and oxygen atoms in total. The van der Waals surface area contributed by atoms with Gasteiger partial charge in [-0.2, -0.15) is 0 Å². The summed E-state index contributed by atoms with van der Waals surface area (Å²) in [5.41, 5.74) is 6.53. The van der Waals surface area contributed by atoms with Crippen molar-refractivity contribution in [3.05, 3.63) is 71.3 Å². The zero-order valence-corrected chi connectivity index (χ0v) is 19.3. The lowest BCUT2D eigenvalue weighted by Crippen LogP contribution is -2.62. The van der Waals surface area contributed by atoms with E-state index in [1.807, 2.05) is 0 Å². The normalized spacial score (nSPS) is 27.6. The van der Waals surface area contributed by atoms with Gasteiger partial charge in [-0.15, -0.1) is 0 Å². The van der Waals surface area contributed by atoms with Gasteiger partial charge in [0.15, 0.2) is 0 Å². The molecule has 156 valence electrons. The smallest absolute Gasteiger partial charge is 0.119 e. The molecule has 2 aromatic carbocycles. The second-order valence-corrected chi connectivity index (χ2v) is 9.16. The molecule has 29 heavy (non-hydrogen) atoms. The lowest BCUT2D eigenvalue weighted by atomic mass is 9.52. The van der Waals surface area contributed by atoms with Crippen LogP contribution in [0, 0.1) is 6.92 Å². The molecule has 0 aromatic heterocycles. The molecule has 1 aliphatic heterocycles. The largest absolute Gasteiger partial charge is 0.497 e. The number of hydrogen-bond donors (Lipinski definition) is 0. The first-order valence-corrected chi connectivity index (χ1v) is 10.8. The first-order valence-electron chi connectivity index (χ1n) is 10.8. The van der Waals surface area contributed by atoms with Crippen molar-refractivity contribution in [1.29, 1.82) is 0 Å². The predicted octanol–water partition coefficient (Wildman–Crippen LogP) is 6.37. The van der Waals surface area contributed by atoms with Gasteiger partial charge < -0.3 is 9.64 Å². The van der Waals surface area contributed by atoms with E-state index in [2.05, 4.69) is 95.6 Å². The van der Waals surface area contributed by atoms with E-state index in [0.29, 0.717) is 6.04 Å². The first kappa shape index (κ1) is 21.6. The van der Waals surface area contributed by atoms with E-state index in [1.54, 1.807) is 7.11 Å². The van der Waals surface area contributed by atoms with Crippen LogP contribution in [0.1, 0.15) is 62.8 Å². The van der Waals surface area contributed by atoms with Gasteiger partial charge in [-0.05, 0) is 80.2 Å². The molecule has 1 unspecified atom stereocenters. The molecule has 1 fully saturated rings. The number of aryl methyl sites for hydroxylation is 1. The fourth-order valence-corrected chi connectivity index (χ4v) is 5.32. The molecule has 0 bridgehead atoms. The molecule has 0 amide bonds. The average molecular weight is 392 g/mol. The lowest BCUT2D eigenvalue weighted by molar-refractivity contribution is 0.0410. The lowest BCUT2D eigenvalue weighted by Gasteiger charge is -2.58. The van der Waals surface area contributed by atoms with Crippen LogP contribution < -0.4 is 4.74 Å². The van der Waals surface area contributed by atoms with Crippen LogP contribution in [0.25, 0.3) is 5.57 Å². The summed E-state index contributed by atoms with van der Waals surface area (Å²) in [5.74, 6) is 0.939. The molecule has 0 radical (unpaired) electrons. The van der Waals surface area contributed by atoms with E-state index in [4.69, 9.17) is 4.74 Å². The van der Waals surface area contributed by atoms with Crippen molar-refractivity contribution in [1.82, 2.24) is 4.90 Å². The number of ether oxygens (including phenoxy) is 1. The molecular formula is C27H37NO. The number of nitrogens with zero attached hydrogens (tertiary/aromatic N) is 1. The van der Waals surface area contributed by atoms with E-state index in [1.165, 1.54) is 27.8 Å². The Morgan fingerprint density at radius 2 is 1.93 bits per heavy atom. The average Bonchev–Trinajstić information content (AvgIpc) is 2.74. The number of likely N-dealkylation sites (N-methyl/N-ethyl adjacent to an activating group) is 1. The third-order valence-electron chi connectivity index (χ3n) is 7.94. The highest BCUT2D eigenvalue weighted by atomic mass is 16.5. The Labute approximate surface area is 177 Å². The summed E-state index contributed by atoms with van der Waals surface area (Å²) in [6.45, 7) is 17.1. The van der Waals surface area contributed by atoms with Crippen LogP contribution in [-0.4, -0.2) is 31.6 Å². The molecule has 1 aliphatic rings. The van der Waals surface area contributed by atoms with Crippen molar-refractivity contribution in [2.45, 2.75) is 64.3 Å². The second kappa shape index (κ2) is 7.99. The monoisotopic (exact) mass is 391 g/mol. The Hall–Kier alpha value is -2.06. The van der Waals surface area contributed by atoms with Crippen molar-refractivity contribution >= 4 is 5.57 Å². The molecule has 1 saturated heterocycles. The molecule has 0 saturated carbocycles. The molecular weight excluding hydrogens is 354 g/mol. The highest BCUT2D eigenvalue weighted by Gasteiger charge is 2.54. The summed E-state index contributed by atoms with van der Waals surface area (Å²) in [6, 6.07) is 16.0. The fourth-order valence-electron chi connectivity index (χ4n) is 5.32. The molecule has 1 heterocycles. The zero-order chi connectivity index (χ0) is 21.4. The van der Waals surface area contributed by atoms with Gasteiger partial charge in [-0.3, -0.25) is 0 Å². The summed E-state index contributed by atoms with van der Waals surface area (Å²) >= 11 is 0. The van der Waals surface area contributed by atoms with Gasteiger partial charge in [-0.1, -0.05) is 57.7 Å². The Morgan fingerprint density at radius 3 is 2.59 bits per heavy atom. The van der Waals surface area contributed by atoms with Gasteiger partial charge in [0.2, 0.25) is 0 Å². The number of piperidine rings is 1. The molecule has 2 heteroatoms. The number of hydrogen-bond acceptors (Lipinski definition) is 2. The van der Waals surface area contributed by atoms with Crippen LogP contribution >= 0.6 is 0 Å². The van der Waals surface area contributed by atoms with Crippen LogP contribution in [0.4, 0.5) is 0 Å². The minimum absolute atomic E-state index is 0.0102. The van der Waals surface area contributed by atoms with Crippen molar-refractivity contribution in [3.63, 3.8) is 0 Å². The van der Waals surface area contributed by atoms with Crippen molar-refractivity contribution in [3.8, 4) is 5.75 Å². The highest BCUT2D eigenvalue weighted by molar-refractivity contribution is 5.64. The van der Waals surface area contributed by atoms with Crippen LogP contribution in [0.5, 0.6) is 5.75 Å². The Balaban J connectivity index is 2.25. The maximum Gasteiger partial charge on any atom is 0.119 e. The third kappa shape index (κ3) is 3.42. The number of allylic oxidation sites excluding steroid dienone is 1. The van der Waals surface area contributed by atoms with Crippen molar-refractivity contribution < 1.29 is 4.74 Å². The van der Waals surface area contributed by atoms with Gasteiger partial charge in [0.05, 0.1) is 7.11 Å². The number of rotatable bonds is 5. The second-order valence-electron chi connectivity index (χ2n) is 9.16. The van der Waals surface area contributed by atoms with Crippen LogP contribution in [0.3, 0.4) is 0 Å². The van der Waals surface area contributed by atoms with Crippen molar-refractivity contribution in [2.75, 3.05) is 20.7 Å². The van der Waals surface area contributed by atoms with Crippen LogP contribution in [0.15, 0.2) is 49.0 Å². The number of likely N-dealkylation sites (tertiary alicyclic amines) is 1. The van der Waals surface area contributed by atoms with Gasteiger partial charge >= 0.3 is 0 Å². The van der Waals surface area contributed by atoms with Crippen molar-refractivity contribution in [2.24, 2.45) is 0 Å². The molecule has 0 aliphatic carbocycles. The zero-order valence-electron chi connectivity index (χ0n) is 19.3. The van der Waals surface area contributed by atoms with E-state index >= 15 is 0 Å². The summed E-state index contributed by atoms with van der Waals surface area (Å²) in [4.78, 5) is 2.51. The molecule has 3 atom stereocenters. The summed E-state index contributed by atoms with van der Waals surface area (Å²) in [6.07, 6.45) is 2.08. The summed E-state index contributed by atoms with van der Waals surface area (Å²) < 4.78 is 5.61. The standard InChI is InChI=1S/C27H37NO/c1-9-19(2)22-11-10-12-23(17-22)27(6)21(4)28(7)16-15-26(27,5)25-18-24(29-8)14-13-20(25)3/h10-14,17-18,21H,2,9,15-16H2,1,3-8H3/t21?,26-,27-/m1/s1. The van der Waals surface area contributed by atoms with Gasteiger partial charge in [0.1, 0.15) is 5.75 Å². The quantitative estimate of drug-likeness (QED) is 0.587. The maximum atomic E-state index is 5.61. The fraction of sp³-hybridized carbons (Fsp3) is 0.481. The Bertz CT molecular complexity index is 901. The highest BCUT2D eigenvalue weighted by Crippen LogP contribution is 2.53. The topological polar surface area (TPSA) is 12.5 Å². The molecule has 3 rings (SSSR count). The number of methoxy groups -OCH3 is 1. The minimum atomic E-state index is -0.0544. The summed E-state index contributed by atoms with van der Waals surface area (Å²) in [7, 11) is 4.02. The minimum Gasteiger partial charge on any atom is -0.497 e. The molecule has 2 aromatic rings. The SMILES string of the molecule is C=C(CC)c1cccc([C@@]2(C)C(C)N(C)CC[C@]2(C)c2cc(OC)ccc2C)c1. The third-order valence-corrected chi connectivity index (χ3v) is 7.94. The van der Waals surface area contributed by atoms with E-state index in [0.717, 1.165) is 25.1 Å². The van der Waals surface area contributed by atoms with Gasteiger partial charge in [0, 0.05) is 16.9 Å². The summed E-state index contributed by atoms with van der Waals surface area (Å²) in [5, 5.41) is 0. The predicted molar refractivity (Wildman–Crippen MR) is 125 cm³/mol. The van der Waals surface area contributed by atoms with E-state index < -0.39 is 0 Å².